The first-order valence-corrected chi connectivity index (χ1v) is 9.06. The maximum atomic E-state index is 12.2. The van der Waals surface area contributed by atoms with Gasteiger partial charge < -0.3 is 15.0 Å². The van der Waals surface area contributed by atoms with Crippen molar-refractivity contribution in [2.24, 2.45) is 11.8 Å². The second-order valence-corrected chi connectivity index (χ2v) is 7.42. The summed E-state index contributed by atoms with van der Waals surface area (Å²) in [5, 5.41) is 13.1. The molecular weight excluding hydrogens is 372 g/mol. The molecule has 1 heterocycles. The highest BCUT2D eigenvalue weighted by Gasteiger charge is 2.25. The summed E-state index contributed by atoms with van der Waals surface area (Å²) in [5.74, 6) is -0.516. The number of nitrogens with one attached hydrogen (secondary N) is 1. The first kappa shape index (κ1) is 17.0. The number of halogens is 1. The molecule has 128 valence electrons. The topological polar surface area (TPSA) is 71.3 Å². The molecule has 3 rings (SSSR count). The molecule has 1 fully saturated rings. The Labute approximate surface area is 149 Å². The second kappa shape index (κ2) is 7.38. The number of carbonyl (C=O) groups is 2. The minimum Gasteiger partial charge on any atom is -0.481 e. The van der Waals surface area contributed by atoms with Gasteiger partial charge in [-0.1, -0.05) is 22.0 Å². The van der Waals surface area contributed by atoms with Crippen LogP contribution in [0.1, 0.15) is 25.7 Å². The number of carboxylic acids is 1. The summed E-state index contributed by atoms with van der Waals surface area (Å²) in [6, 6.07) is 8.02. The van der Waals surface area contributed by atoms with Gasteiger partial charge in [-0.05, 0) is 55.2 Å². The highest BCUT2D eigenvalue weighted by Crippen LogP contribution is 2.28. The Balaban J connectivity index is 1.51. The summed E-state index contributed by atoms with van der Waals surface area (Å²) in [4.78, 5) is 23.2. The Morgan fingerprint density at radius 1 is 1.21 bits per heavy atom. The zero-order valence-electron chi connectivity index (χ0n) is 13.4. The van der Waals surface area contributed by atoms with Gasteiger partial charge in [-0.15, -0.1) is 0 Å². The number of aromatic nitrogens is 1. The van der Waals surface area contributed by atoms with Crippen LogP contribution >= 0.6 is 15.9 Å². The van der Waals surface area contributed by atoms with Gasteiger partial charge in [-0.3, -0.25) is 9.59 Å². The third-order valence-electron chi connectivity index (χ3n) is 4.83. The van der Waals surface area contributed by atoms with E-state index in [4.69, 9.17) is 5.11 Å². The predicted molar refractivity (Wildman–Crippen MR) is 95.7 cm³/mol. The smallest absolute Gasteiger partial charge is 0.306 e. The zero-order valence-corrected chi connectivity index (χ0v) is 15.0. The largest absolute Gasteiger partial charge is 0.481 e. The summed E-state index contributed by atoms with van der Waals surface area (Å²) in [7, 11) is 0. The maximum absolute atomic E-state index is 12.2. The molecule has 2 aromatic rings. The second-order valence-electron chi connectivity index (χ2n) is 6.51. The quantitative estimate of drug-likeness (QED) is 0.818. The summed E-state index contributed by atoms with van der Waals surface area (Å²) in [6.07, 6.45) is 5.10. The summed E-state index contributed by atoms with van der Waals surface area (Å²) < 4.78 is 2.93. The monoisotopic (exact) mass is 392 g/mol. The summed E-state index contributed by atoms with van der Waals surface area (Å²) in [5.41, 5.74) is 1.03. The van der Waals surface area contributed by atoms with Gasteiger partial charge in [0.25, 0.3) is 0 Å². The van der Waals surface area contributed by atoms with Crippen LogP contribution in [0.5, 0.6) is 0 Å². The highest BCUT2D eigenvalue weighted by molar-refractivity contribution is 9.10. The molecule has 1 aliphatic carbocycles. The van der Waals surface area contributed by atoms with E-state index >= 15 is 0 Å². The van der Waals surface area contributed by atoms with Crippen LogP contribution in [-0.4, -0.2) is 28.1 Å². The van der Waals surface area contributed by atoms with E-state index < -0.39 is 5.97 Å². The van der Waals surface area contributed by atoms with E-state index in [1.807, 2.05) is 35.0 Å². The molecule has 2 N–H and O–H groups in total. The molecule has 24 heavy (non-hydrogen) atoms. The van der Waals surface area contributed by atoms with Gasteiger partial charge in [0.05, 0.1) is 5.92 Å². The normalized spacial score (nSPS) is 20.9. The molecular formula is C18H21BrN2O3. The number of aliphatic carboxylic acids is 1. The molecule has 0 unspecified atom stereocenters. The number of amides is 1. The highest BCUT2D eigenvalue weighted by atomic mass is 79.9. The number of benzene rings is 1. The maximum Gasteiger partial charge on any atom is 0.306 e. The van der Waals surface area contributed by atoms with Crippen molar-refractivity contribution in [2.75, 3.05) is 6.54 Å². The Hall–Kier alpha value is -1.82. The van der Waals surface area contributed by atoms with Crippen molar-refractivity contribution in [2.45, 2.75) is 32.2 Å². The molecule has 0 bridgehead atoms. The first-order valence-electron chi connectivity index (χ1n) is 8.27. The van der Waals surface area contributed by atoms with E-state index in [0.717, 1.165) is 28.2 Å². The Kier molecular flexibility index (Phi) is 5.23. The van der Waals surface area contributed by atoms with Crippen LogP contribution in [0.25, 0.3) is 10.9 Å². The first-order chi connectivity index (χ1) is 11.5. The molecule has 6 heteroatoms. The van der Waals surface area contributed by atoms with Crippen LogP contribution in [0.3, 0.4) is 0 Å². The lowest BCUT2D eigenvalue weighted by Crippen LogP contribution is -2.34. The van der Waals surface area contributed by atoms with Gasteiger partial charge in [0.15, 0.2) is 0 Å². The van der Waals surface area contributed by atoms with Crippen LogP contribution in [0, 0.1) is 11.8 Å². The fraction of sp³-hybridized carbons (Fsp3) is 0.444. The molecule has 1 aliphatic rings. The SMILES string of the molecule is O=C(Cn1ccc2ccc(Br)cc21)NCC1CCC(C(=O)O)CC1. The number of rotatable bonds is 5. The Morgan fingerprint density at radius 3 is 2.67 bits per heavy atom. The fourth-order valence-corrected chi connectivity index (χ4v) is 3.73. The van der Waals surface area contributed by atoms with Gasteiger partial charge in [0, 0.05) is 22.7 Å². The summed E-state index contributed by atoms with van der Waals surface area (Å²) >= 11 is 3.46. The van der Waals surface area contributed by atoms with Gasteiger partial charge >= 0.3 is 5.97 Å². The number of carbonyl (C=O) groups excluding carboxylic acids is 1. The lowest BCUT2D eigenvalue weighted by atomic mass is 9.82. The van der Waals surface area contributed by atoms with Crippen LogP contribution in [0.15, 0.2) is 34.9 Å². The van der Waals surface area contributed by atoms with E-state index in [0.29, 0.717) is 31.8 Å². The van der Waals surface area contributed by atoms with Crippen molar-refractivity contribution in [3.05, 3.63) is 34.9 Å². The van der Waals surface area contributed by atoms with Crippen LogP contribution in [0.2, 0.25) is 0 Å². The number of fused-ring (bicyclic) bond motifs is 1. The van der Waals surface area contributed by atoms with E-state index in [-0.39, 0.29) is 11.8 Å². The van der Waals surface area contributed by atoms with Crippen molar-refractivity contribution in [3.63, 3.8) is 0 Å². The van der Waals surface area contributed by atoms with E-state index in [1.165, 1.54) is 0 Å². The van der Waals surface area contributed by atoms with E-state index in [9.17, 15) is 9.59 Å². The van der Waals surface area contributed by atoms with Gasteiger partial charge in [0.1, 0.15) is 6.54 Å². The Morgan fingerprint density at radius 2 is 1.96 bits per heavy atom. The third kappa shape index (κ3) is 3.98. The Bertz CT molecular complexity index is 748. The zero-order chi connectivity index (χ0) is 17.1. The minimum atomic E-state index is -0.692. The van der Waals surface area contributed by atoms with Crippen molar-refractivity contribution in [3.8, 4) is 0 Å². The molecule has 1 aromatic carbocycles. The molecule has 0 aliphatic heterocycles. The molecule has 0 radical (unpaired) electrons. The van der Waals surface area contributed by atoms with Crippen molar-refractivity contribution in [1.29, 1.82) is 0 Å². The molecule has 1 saturated carbocycles. The standard InChI is InChI=1S/C18H21BrN2O3/c19-15-6-5-13-7-8-21(16(13)9-15)11-17(22)20-10-12-1-3-14(4-2-12)18(23)24/h5-9,12,14H,1-4,10-11H2,(H,20,22)(H,23,24). The van der Waals surface area contributed by atoms with Gasteiger partial charge in [0.2, 0.25) is 5.91 Å². The lowest BCUT2D eigenvalue weighted by Gasteiger charge is -2.26. The average molecular weight is 393 g/mol. The predicted octanol–water partition coefficient (Wildman–Crippen LogP) is 3.41. The number of carboxylic acid groups (broad SMARTS) is 1. The molecule has 0 saturated heterocycles. The fourth-order valence-electron chi connectivity index (χ4n) is 3.38. The molecule has 1 amide bonds. The average Bonchev–Trinajstić information content (AvgIpc) is 2.95. The van der Waals surface area contributed by atoms with Gasteiger partial charge in [-0.25, -0.2) is 0 Å². The van der Waals surface area contributed by atoms with Crippen LogP contribution < -0.4 is 5.32 Å². The number of nitrogens with zero attached hydrogens (tertiary/aromatic N) is 1. The molecule has 0 spiro atoms. The summed E-state index contributed by atoms with van der Waals surface area (Å²) in [6.45, 7) is 0.929. The van der Waals surface area contributed by atoms with Crippen LogP contribution in [0.4, 0.5) is 0 Å². The third-order valence-corrected chi connectivity index (χ3v) is 5.33. The van der Waals surface area contributed by atoms with Crippen molar-refractivity contribution >= 4 is 38.7 Å². The van der Waals surface area contributed by atoms with Crippen molar-refractivity contribution in [1.82, 2.24) is 9.88 Å². The van der Waals surface area contributed by atoms with Crippen molar-refractivity contribution < 1.29 is 14.7 Å². The number of hydrogen-bond acceptors (Lipinski definition) is 2. The van der Waals surface area contributed by atoms with E-state index in [2.05, 4.69) is 21.2 Å². The minimum absolute atomic E-state index is 0.00664. The molecule has 1 aromatic heterocycles. The number of hydrogen-bond donors (Lipinski definition) is 2. The lowest BCUT2D eigenvalue weighted by molar-refractivity contribution is -0.143. The molecule has 0 atom stereocenters. The molecule has 5 nitrogen and oxygen atoms in total. The van der Waals surface area contributed by atoms with Gasteiger partial charge in [-0.2, -0.15) is 0 Å². The van der Waals surface area contributed by atoms with E-state index in [1.54, 1.807) is 0 Å². The van der Waals surface area contributed by atoms with Crippen LogP contribution in [-0.2, 0) is 16.1 Å².